The minimum atomic E-state index is 0.700. The molecule has 0 saturated carbocycles. The molecule has 1 nitrogen and oxygen atoms in total. The van der Waals surface area contributed by atoms with Gasteiger partial charge in [0.1, 0.15) is 0 Å². The van der Waals surface area contributed by atoms with Crippen LogP contribution in [-0.2, 0) is 13.1 Å². The molecule has 1 aromatic rings. The molecule has 0 spiro atoms. The fourth-order valence-electron chi connectivity index (χ4n) is 1.86. The van der Waals surface area contributed by atoms with Gasteiger partial charge in [-0.2, -0.15) is 0 Å². The maximum absolute atomic E-state index is 3.37. The highest BCUT2D eigenvalue weighted by Crippen LogP contribution is 2.23. The van der Waals surface area contributed by atoms with Crippen LogP contribution in [0.25, 0.3) is 0 Å². The zero-order chi connectivity index (χ0) is 9.26. The molecule has 1 aliphatic heterocycles. The molecule has 0 aromatic heterocycles. The summed E-state index contributed by atoms with van der Waals surface area (Å²) in [6, 6.07) is 6.92. The van der Waals surface area contributed by atoms with E-state index in [1.165, 1.54) is 23.1 Å². The predicted molar refractivity (Wildman–Crippen MR) is 55.7 cm³/mol. The maximum Gasteiger partial charge on any atom is 0.0212 e. The van der Waals surface area contributed by atoms with Crippen molar-refractivity contribution in [2.24, 2.45) is 0 Å². The van der Waals surface area contributed by atoms with Crippen LogP contribution in [0, 0.1) is 0 Å². The van der Waals surface area contributed by atoms with Gasteiger partial charge in [0.2, 0.25) is 0 Å². The average Bonchev–Trinajstić information content (AvgIpc) is 2.63. The number of benzene rings is 1. The van der Waals surface area contributed by atoms with Gasteiger partial charge in [0.05, 0.1) is 0 Å². The lowest BCUT2D eigenvalue weighted by molar-refractivity contribution is 0.731. The summed E-state index contributed by atoms with van der Waals surface area (Å²) >= 11 is 0. The summed E-state index contributed by atoms with van der Waals surface area (Å²) in [4.78, 5) is 0. The standard InChI is InChI=1S/C12H17N/c1-3-9(2)10-4-5-11-7-13-8-12(11)6-10/h4-6,9,13H,3,7-8H2,1-2H3. The van der Waals surface area contributed by atoms with Crippen molar-refractivity contribution in [1.29, 1.82) is 0 Å². The van der Waals surface area contributed by atoms with Crippen molar-refractivity contribution < 1.29 is 0 Å². The average molecular weight is 175 g/mol. The molecule has 13 heavy (non-hydrogen) atoms. The van der Waals surface area contributed by atoms with Crippen LogP contribution in [0.3, 0.4) is 0 Å². The number of fused-ring (bicyclic) bond motifs is 1. The molecule has 1 N–H and O–H groups in total. The van der Waals surface area contributed by atoms with Gasteiger partial charge in [-0.25, -0.2) is 0 Å². The van der Waals surface area contributed by atoms with Crippen LogP contribution >= 0.6 is 0 Å². The predicted octanol–water partition coefficient (Wildman–Crippen LogP) is 2.80. The van der Waals surface area contributed by atoms with Gasteiger partial charge in [0.25, 0.3) is 0 Å². The Morgan fingerprint density at radius 3 is 2.85 bits per heavy atom. The molecule has 0 amide bonds. The van der Waals surface area contributed by atoms with Gasteiger partial charge in [0, 0.05) is 13.1 Å². The summed E-state index contributed by atoms with van der Waals surface area (Å²) in [6.07, 6.45) is 1.23. The lowest BCUT2D eigenvalue weighted by Crippen LogP contribution is -1.99. The van der Waals surface area contributed by atoms with Crippen LogP contribution in [0.15, 0.2) is 18.2 Å². The first-order valence-corrected chi connectivity index (χ1v) is 5.13. The van der Waals surface area contributed by atoms with Crippen molar-refractivity contribution in [3.8, 4) is 0 Å². The molecule has 0 fully saturated rings. The van der Waals surface area contributed by atoms with Crippen molar-refractivity contribution in [2.45, 2.75) is 39.3 Å². The first-order valence-electron chi connectivity index (χ1n) is 5.13. The van der Waals surface area contributed by atoms with E-state index < -0.39 is 0 Å². The molecule has 1 atom stereocenters. The van der Waals surface area contributed by atoms with E-state index in [1.54, 1.807) is 0 Å². The lowest BCUT2D eigenvalue weighted by atomic mass is 9.95. The smallest absolute Gasteiger partial charge is 0.0212 e. The van der Waals surface area contributed by atoms with Crippen molar-refractivity contribution in [3.63, 3.8) is 0 Å². The summed E-state index contributed by atoms with van der Waals surface area (Å²) in [5.74, 6) is 0.700. The summed E-state index contributed by atoms with van der Waals surface area (Å²) < 4.78 is 0. The number of rotatable bonds is 2. The monoisotopic (exact) mass is 175 g/mol. The minimum absolute atomic E-state index is 0.700. The van der Waals surface area contributed by atoms with Crippen LogP contribution in [0.2, 0.25) is 0 Å². The highest BCUT2D eigenvalue weighted by Gasteiger charge is 2.11. The van der Waals surface area contributed by atoms with Gasteiger partial charge in [-0.15, -0.1) is 0 Å². The second kappa shape index (κ2) is 3.51. The van der Waals surface area contributed by atoms with Crippen molar-refractivity contribution in [1.82, 2.24) is 5.32 Å². The van der Waals surface area contributed by atoms with Gasteiger partial charge in [-0.05, 0) is 29.0 Å². The molecule has 1 aliphatic rings. The van der Waals surface area contributed by atoms with Crippen LogP contribution < -0.4 is 5.32 Å². The van der Waals surface area contributed by atoms with Crippen LogP contribution in [0.4, 0.5) is 0 Å². The summed E-state index contributed by atoms with van der Waals surface area (Å²) in [6.45, 7) is 6.65. The third kappa shape index (κ3) is 1.61. The quantitative estimate of drug-likeness (QED) is 0.728. The normalized spacial score (nSPS) is 17.1. The minimum Gasteiger partial charge on any atom is -0.309 e. The Morgan fingerprint density at radius 2 is 2.08 bits per heavy atom. The SMILES string of the molecule is CCC(C)c1ccc2c(c1)CNC2. The molecule has 1 aromatic carbocycles. The molecular weight excluding hydrogens is 158 g/mol. The Hall–Kier alpha value is -0.820. The van der Waals surface area contributed by atoms with E-state index in [9.17, 15) is 0 Å². The van der Waals surface area contributed by atoms with E-state index in [0.29, 0.717) is 5.92 Å². The molecular formula is C12H17N. The number of hydrogen-bond donors (Lipinski definition) is 1. The van der Waals surface area contributed by atoms with E-state index in [-0.39, 0.29) is 0 Å². The van der Waals surface area contributed by atoms with Crippen LogP contribution in [-0.4, -0.2) is 0 Å². The van der Waals surface area contributed by atoms with Crippen molar-refractivity contribution in [3.05, 3.63) is 34.9 Å². The zero-order valence-corrected chi connectivity index (χ0v) is 8.43. The first-order chi connectivity index (χ1) is 6.31. The Balaban J connectivity index is 2.30. The van der Waals surface area contributed by atoms with E-state index in [2.05, 4.69) is 37.4 Å². The van der Waals surface area contributed by atoms with Crippen LogP contribution in [0.1, 0.15) is 42.9 Å². The topological polar surface area (TPSA) is 12.0 Å². The summed E-state index contributed by atoms with van der Waals surface area (Å²) in [5.41, 5.74) is 4.47. The molecule has 70 valence electrons. The Kier molecular flexibility index (Phi) is 2.36. The second-order valence-corrected chi connectivity index (χ2v) is 3.94. The molecule has 0 aliphatic carbocycles. The Labute approximate surface area is 80.2 Å². The number of nitrogens with one attached hydrogen (secondary N) is 1. The maximum atomic E-state index is 3.37. The van der Waals surface area contributed by atoms with E-state index in [4.69, 9.17) is 0 Å². The van der Waals surface area contributed by atoms with E-state index in [1.807, 2.05) is 0 Å². The Bertz CT molecular complexity index is 304. The highest BCUT2D eigenvalue weighted by molar-refractivity contribution is 5.35. The molecule has 1 unspecified atom stereocenters. The zero-order valence-electron chi connectivity index (χ0n) is 8.43. The number of hydrogen-bond acceptors (Lipinski definition) is 1. The first kappa shape index (κ1) is 8.76. The van der Waals surface area contributed by atoms with Gasteiger partial charge in [-0.3, -0.25) is 0 Å². The fourth-order valence-corrected chi connectivity index (χ4v) is 1.86. The van der Waals surface area contributed by atoms with Gasteiger partial charge in [-0.1, -0.05) is 32.0 Å². The fraction of sp³-hybridized carbons (Fsp3) is 0.500. The van der Waals surface area contributed by atoms with Gasteiger partial charge in [0.15, 0.2) is 0 Å². The van der Waals surface area contributed by atoms with E-state index in [0.717, 1.165) is 13.1 Å². The van der Waals surface area contributed by atoms with Crippen molar-refractivity contribution in [2.75, 3.05) is 0 Å². The third-order valence-corrected chi connectivity index (χ3v) is 3.04. The molecule has 2 rings (SSSR count). The van der Waals surface area contributed by atoms with E-state index >= 15 is 0 Å². The third-order valence-electron chi connectivity index (χ3n) is 3.04. The molecule has 0 bridgehead atoms. The molecule has 0 radical (unpaired) electrons. The highest BCUT2D eigenvalue weighted by atomic mass is 14.9. The van der Waals surface area contributed by atoms with Crippen LogP contribution in [0.5, 0.6) is 0 Å². The van der Waals surface area contributed by atoms with Crippen molar-refractivity contribution >= 4 is 0 Å². The Morgan fingerprint density at radius 1 is 1.31 bits per heavy atom. The molecule has 0 saturated heterocycles. The second-order valence-electron chi connectivity index (χ2n) is 3.94. The van der Waals surface area contributed by atoms with Gasteiger partial charge < -0.3 is 5.32 Å². The summed E-state index contributed by atoms with van der Waals surface area (Å²) in [5, 5.41) is 3.37. The lowest BCUT2D eigenvalue weighted by Gasteiger charge is -2.10. The molecule has 1 heterocycles. The largest absolute Gasteiger partial charge is 0.309 e. The van der Waals surface area contributed by atoms with Gasteiger partial charge >= 0.3 is 0 Å². The molecule has 1 heteroatoms. The summed E-state index contributed by atoms with van der Waals surface area (Å²) in [7, 11) is 0.